The number of nitrogens with one attached hydrogen (secondary N) is 1. The molecule has 0 saturated heterocycles. The summed E-state index contributed by atoms with van der Waals surface area (Å²) < 4.78 is 33.1. The van der Waals surface area contributed by atoms with Crippen LogP contribution in [0.3, 0.4) is 0 Å². The number of ether oxygens (including phenoxy) is 1. The van der Waals surface area contributed by atoms with Gasteiger partial charge in [0.05, 0.1) is 12.3 Å². The van der Waals surface area contributed by atoms with Gasteiger partial charge in [-0.15, -0.1) is 0 Å². The average molecular weight is 306 g/mol. The first-order valence-electron chi connectivity index (χ1n) is 6.76. The minimum atomic E-state index is -0.589. The van der Waals surface area contributed by atoms with Crippen LogP contribution in [-0.2, 0) is 4.79 Å². The van der Waals surface area contributed by atoms with Crippen LogP contribution in [0.4, 0.5) is 14.6 Å². The molecule has 0 spiro atoms. The Hall–Kier alpha value is -2.50. The third-order valence-electron chi connectivity index (χ3n) is 2.76. The van der Waals surface area contributed by atoms with Gasteiger partial charge in [-0.05, 0) is 32.0 Å². The predicted octanol–water partition coefficient (Wildman–Crippen LogP) is 3.77. The normalized spacial score (nSPS) is 10.6. The van der Waals surface area contributed by atoms with Gasteiger partial charge >= 0.3 is 0 Å². The molecule has 1 N–H and O–H groups in total. The van der Waals surface area contributed by atoms with E-state index in [4.69, 9.17) is 4.74 Å². The van der Waals surface area contributed by atoms with Crippen molar-refractivity contribution in [2.45, 2.75) is 26.9 Å². The van der Waals surface area contributed by atoms with Gasteiger partial charge in [-0.2, -0.15) is 0 Å². The van der Waals surface area contributed by atoms with E-state index in [0.717, 1.165) is 6.20 Å². The molecule has 0 fully saturated rings. The first-order valence-corrected chi connectivity index (χ1v) is 6.76. The lowest BCUT2D eigenvalue weighted by Crippen LogP contribution is -2.09. The van der Waals surface area contributed by atoms with Gasteiger partial charge in [0, 0.05) is 24.1 Å². The van der Waals surface area contributed by atoms with Crippen LogP contribution in [0.15, 0.2) is 30.5 Å². The van der Waals surface area contributed by atoms with Crippen molar-refractivity contribution in [2.75, 3.05) is 5.32 Å². The Balaban J connectivity index is 2.52. The van der Waals surface area contributed by atoms with Gasteiger partial charge in [0.25, 0.3) is 0 Å². The van der Waals surface area contributed by atoms with Crippen molar-refractivity contribution in [1.29, 1.82) is 0 Å². The molecule has 0 aliphatic heterocycles. The van der Waals surface area contributed by atoms with Gasteiger partial charge in [0.2, 0.25) is 5.91 Å². The van der Waals surface area contributed by atoms with E-state index in [2.05, 4.69) is 10.3 Å². The minimum absolute atomic E-state index is 0.175. The fraction of sp³-hybridized carbons (Fsp3) is 0.250. The quantitative estimate of drug-likeness (QED) is 0.935. The lowest BCUT2D eigenvalue weighted by molar-refractivity contribution is -0.114. The second-order valence-electron chi connectivity index (χ2n) is 5.04. The number of amides is 1. The smallest absolute Gasteiger partial charge is 0.222 e. The zero-order chi connectivity index (χ0) is 16.3. The Morgan fingerprint density at radius 2 is 1.95 bits per heavy atom. The molecule has 2 aromatic rings. The predicted molar refractivity (Wildman–Crippen MR) is 79.7 cm³/mol. The molecule has 0 atom stereocenters. The van der Waals surface area contributed by atoms with E-state index in [1.807, 2.05) is 0 Å². The lowest BCUT2D eigenvalue weighted by Gasteiger charge is -2.15. The van der Waals surface area contributed by atoms with E-state index in [1.54, 1.807) is 13.8 Å². The Bertz CT molecular complexity index is 703. The summed E-state index contributed by atoms with van der Waals surface area (Å²) in [4.78, 5) is 14.9. The monoisotopic (exact) mass is 306 g/mol. The molecule has 0 aliphatic rings. The summed E-state index contributed by atoms with van der Waals surface area (Å²) in [7, 11) is 0. The number of carbonyl (C=O) groups excluding carboxylic acids is 1. The SMILES string of the molecule is CC(=O)Nc1cc(-c2ccc(F)cc2OC(C)C)c(F)cn1. The maximum atomic E-state index is 14.1. The van der Waals surface area contributed by atoms with Gasteiger partial charge in [-0.1, -0.05) is 0 Å². The molecule has 1 amide bonds. The molecule has 1 heterocycles. The Morgan fingerprint density at radius 1 is 1.23 bits per heavy atom. The Kier molecular flexibility index (Phi) is 4.70. The van der Waals surface area contributed by atoms with Crippen molar-refractivity contribution in [3.63, 3.8) is 0 Å². The molecule has 0 unspecified atom stereocenters. The standard InChI is InChI=1S/C16H16F2N2O2/c1-9(2)22-15-6-11(17)4-5-12(15)13-7-16(20-10(3)21)19-8-14(13)18/h4-9H,1-3H3,(H,19,20,21). The van der Waals surface area contributed by atoms with Crippen molar-refractivity contribution in [3.8, 4) is 16.9 Å². The van der Waals surface area contributed by atoms with Crippen LogP contribution in [0.2, 0.25) is 0 Å². The molecule has 0 radical (unpaired) electrons. The van der Waals surface area contributed by atoms with Crippen molar-refractivity contribution in [1.82, 2.24) is 4.98 Å². The fourth-order valence-corrected chi connectivity index (χ4v) is 1.96. The van der Waals surface area contributed by atoms with Gasteiger partial charge in [0.1, 0.15) is 23.2 Å². The summed E-state index contributed by atoms with van der Waals surface area (Å²) in [5, 5.41) is 2.48. The Labute approximate surface area is 127 Å². The molecule has 4 nitrogen and oxygen atoms in total. The minimum Gasteiger partial charge on any atom is -0.490 e. The topological polar surface area (TPSA) is 51.2 Å². The highest BCUT2D eigenvalue weighted by Crippen LogP contribution is 2.34. The molecule has 116 valence electrons. The highest BCUT2D eigenvalue weighted by Gasteiger charge is 2.15. The molecular formula is C16H16F2N2O2. The first-order chi connectivity index (χ1) is 10.4. The fourth-order valence-electron chi connectivity index (χ4n) is 1.96. The molecule has 0 bridgehead atoms. The van der Waals surface area contributed by atoms with Gasteiger partial charge in [-0.3, -0.25) is 4.79 Å². The van der Waals surface area contributed by atoms with E-state index in [0.29, 0.717) is 5.56 Å². The van der Waals surface area contributed by atoms with Crippen LogP contribution in [0.1, 0.15) is 20.8 Å². The number of halogens is 2. The number of nitrogens with zero attached hydrogens (tertiary/aromatic N) is 1. The summed E-state index contributed by atoms with van der Waals surface area (Å²) in [6.45, 7) is 4.91. The summed E-state index contributed by atoms with van der Waals surface area (Å²) in [6.07, 6.45) is 0.809. The first kappa shape index (κ1) is 15.9. The molecular weight excluding hydrogens is 290 g/mol. The summed E-state index contributed by atoms with van der Waals surface area (Å²) in [5.74, 6) is -0.939. The van der Waals surface area contributed by atoms with E-state index < -0.39 is 11.6 Å². The molecule has 1 aromatic carbocycles. The van der Waals surface area contributed by atoms with E-state index in [1.165, 1.54) is 31.2 Å². The number of hydrogen-bond acceptors (Lipinski definition) is 3. The van der Waals surface area contributed by atoms with Crippen LogP contribution in [0.25, 0.3) is 11.1 Å². The maximum Gasteiger partial charge on any atom is 0.222 e. The van der Waals surface area contributed by atoms with Crippen molar-refractivity contribution >= 4 is 11.7 Å². The molecule has 6 heteroatoms. The number of anilines is 1. The Morgan fingerprint density at radius 3 is 2.59 bits per heavy atom. The van der Waals surface area contributed by atoms with Crippen molar-refractivity contribution in [3.05, 3.63) is 42.1 Å². The summed E-state index contributed by atoms with van der Waals surface area (Å²) >= 11 is 0. The average Bonchev–Trinajstić information content (AvgIpc) is 2.40. The van der Waals surface area contributed by atoms with E-state index >= 15 is 0 Å². The van der Waals surface area contributed by atoms with Crippen molar-refractivity contribution < 1.29 is 18.3 Å². The van der Waals surface area contributed by atoms with Crippen LogP contribution in [0.5, 0.6) is 5.75 Å². The number of benzene rings is 1. The molecule has 0 saturated carbocycles. The zero-order valence-electron chi connectivity index (χ0n) is 12.5. The summed E-state index contributed by atoms with van der Waals surface area (Å²) in [5.41, 5.74) is 0.566. The second-order valence-corrected chi connectivity index (χ2v) is 5.04. The van der Waals surface area contributed by atoms with Crippen LogP contribution >= 0.6 is 0 Å². The van der Waals surface area contributed by atoms with Crippen LogP contribution in [0, 0.1) is 11.6 Å². The highest BCUT2D eigenvalue weighted by molar-refractivity contribution is 5.88. The molecule has 22 heavy (non-hydrogen) atoms. The van der Waals surface area contributed by atoms with Crippen LogP contribution < -0.4 is 10.1 Å². The third-order valence-corrected chi connectivity index (χ3v) is 2.76. The van der Waals surface area contributed by atoms with E-state index in [-0.39, 0.29) is 29.1 Å². The highest BCUT2D eigenvalue weighted by atomic mass is 19.1. The maximum absolute atomic E-state index is 14.1. The van der Waals surface area contributed by atoms with Gasteiger partial charge < -0.3 is 10.1 Å². The third kappa shape index (κ3) is 3.78. The second kappa shape index (κ2) is 6.51. The number of pyridine rings is 1. The largest absolute Gasteiger partial charge is 0.490 e. The van der Waals surface area contributed by atoms with Crippen LogP contribution in [-0.4, -0.2) is 17.0 Å². The zero-order valence-corrected chi connectivity index (χ0v) is 12.5. The number of carbonyl (C=O) groups is 1. The van der Waals surface area contributed by atoms with Gasteiger partial charge in [-0.25, -0.2) is 13.8 Å². The van der Waals surface area contributed by atoms with Crippen molar-refractivity contribution in [2.24, 2.45) is 0 Å². The lowest BCUT2D eigenvalue weighted by atomic mass is 10.0. The number of rotatable bonds is 4. The number of hydrogen-bond donors (Lipinski definition) is 1. The molecule has 2 rings (SSSR count). The molecule has 1 aromatic heterocycles. The van der Waals surface area contributed by atoms with E-state index in [9.17, 15) is 13.6 Å². The summed E-state index contributed by atoms with van der Waals surface area (Å²) in [6, 6.07) is 5.24. The molecule has 0 aliphatic carbocycles. The number of aromatic nitrogens is 1. The van der Waals surface area contributed by atoms with Gasteiger partial charge in [0.15, 0.2) is 0 Å².